The highest BCUT2D eigenvalue weighted by molar-refractivity contribution is 5.86. The summed E-state index contributed by atoms with van der Waals surface area (Å²) in [5.74, 6) is -0.310. The summed E-state index contributed by atoms with van der Waals surface area (Å²) < 4.78 is 0. The second-order valence-corrected chi connectivity index (χ2v) is 4.41. The summed E-state index contributed by atoms with van der Waals surface area (Å²) >= 11 is 0. The fraction of sp³-hybridized carbons (Fsp3) is 0.615. The molecule has 0 saturated heterocycles. The third-order valence-electron chi connectivity index (χ3n) is 2.70. The van der Waals surface area contributed by atoms with Gasteiger partial charge in [0.25, 0.3) is 0 Å². The lowest BCUT2D eigenvalue weighted by atomic mass is 10.1. The molecule has 0 aliphatic rings. The van der Waals surface area contributed by atoms with E-state index in [1.54, 1.807) is 7.05 Å². The normalized spacial score (nSPS) is 12.8. The van der Waals surface area contributed by atoms with Crippen molar-refractivity contribution < 1.29 is 24.6 Å². The molecule has 5 N–H and O–H groups in total. The number of carbonyl (C=O) groups is 3. The van der Waals surface area contributed by atoms with Gasteiger partial charge in [-0.15, -0.1) is 12.3 Å². The van der Waals surface area contributed by atoms with E-state index >= 15 is 0 Å². The van der Waals surface area contributed by atoms with Crippen LogP contribution >= 0.6 is 0 Å². The molecule has 0 aliphatic carbocycles. The van der Waals surface area contributed by atoms with Crippen molar-refractivity contribution in [3.8, 4) is 12.3 Å². The number of hydrogen-bond donors (Lipinski definition) is 5. The van der Waals surface area contributed by atoms with Gasteiger partial charge in [-0.2, -0.15) is 0 Å². The number of carbonyl (C=O) groups excluding carboxylic acids is 1. The molecule has 0 aliphatic heterocycles. The van der Waals surface area contributed by atoms with Gasteiger partial charge in [0.1, 0.15) is 12.1 Å². The first-order chi connectivity index (χ1) is 9.92. The number of aliphatic carboxylic acids is 2. The van der Waals surface area contributed by atoms with Gasteiger partial charge in [-0.3, -0.25) is 0 Å². The van der Waals surface area contributed by atoms with Gasteiger partial charge in [-0.25, -0.2) is 14.4 Å². The zero-order valence-corrected chi connectivity index (χ0v) is 11.9. The molecule has 8 nitrogen and oxygen atoms in total. The Morgan fingerprint density at radius 3 is 2.14 bits per heavy atom. The standard InChI is InChI=1S/C13H21N3O5/c1-3-6-9(11(17)18)15-13(21)16-10(12(19)20)7-4-5-8-14-2/h1,9-10,14H,4-8H2,2H3,(H,17,18)(H,19,20)(H2,15,16,21)/t9-,10-/m0/s1. The third kappa shape index (κ3) is 8.49. The molecule has 0 rings (SSSR count). The smallest absolute Gasteiger partial charge is 0.327 e. The number of nitrogens with one attached hydrogen (secondary N) is 3. The minimum Gasteiger partial charge on any atom is -0.480 e. The van der Waals surface area contributed by atoms with E-state index in [9.17, 15) is 14.4 Å². The molecule has 118 valence electrons. The lowest BCUT2D eigenvalue weighted by molar-refractivity contribution is -0.139. The molecule has 8 heteroatoms. The molecule has 2 amide bonds. The van der Waals surface area contributed by atoms with Gasteiger partial charge in [-0.1, -0.05) is 0 Å². The maximum absolute atomic E-state index is 11.6. The number of rotatable bonds is 10. The fourth-order valence-electron chi connectivity index (χ4n) is 1.58. The van der Waals surface area contributed by atoms with Gasteiger partial charge in [0.2, 0.25) is 0 Å². The minimum atomic E-state index is -1.27. The van der Waals surface area contributed by atoms with Crippen LogP contribution < -0.4 is 16.0 Å². The maximum atomic E-state index is 11.6. The monoisotopic (exact) mass is 299 g/mol. The minimum absolute atomic E-state index is 0.178. The topological polar surface area (TPSA) is 128 Å². The maximum Gasteiger partial charge on any atom is 0.327 e. The van der Waals surface area contributed by atoms with Crippen molar-refractivity contribution in [2.24, 2.45) is 0 Å². The number of unbranched alkanes of at least 4 members (excludes halogenated alkanes) is 1. The molecule has 0 aromatic heterocycles. The second-order valence-electron chi connectivity index (χ2n) is 4.41. The van der Waals surface area contributed by atoms with Crippen LogP contribution in [0.2, 0.25) is 0 Å². The summed E-state index contributed by atoms with van der Waals surface area (Å²) in [5.41, 5.74) is 0. The predicted octanol–water partition coefficient (Wildman–Crippen LogP) is -0.395. The van der Waals surface area contributed by atoms with Gasteiger partial charge < -0.3 is 26.2 Å². The van der Waals surface area contributed by atoms with E-state index in [2.05, 4.69) is 21.9 Å². The lowest BCUT2D eigenvalue weighted by Gasteiger charge is -2.17. The molecular formula is C13H21N3O5. The Morgan fingerprint density at radius 1 is 1.10 bits per heavy atom. The van der Waals surface area contributed by atoms with Crippen LogP contribution in [0.1, 0.15) is 25.7 Å². The molecule has 0 radical (unpaired) electrons. The lowest BCUT2D eigenvalue weighted by Crippen LogP contribution is -2.51. The Bertz CT molecular complexity index is 405. The van der Waals surface area contributed by atoms with E-state index in [1.807, 2.05) is 0 Å². The van der Waals surface area contributed by atoms with E-state index < -0.39 is 30.1 Å². The zero-order valence-electron chi connectivity index (χ0n) is 11.9. The first-order valence-corrected chi connectivity index (χ1v) is 6.53. The summed E-state index contributed by atoms with van der Waals surface area (Å²) in [4.78, 5) is 33.5. The van der Waals surface area contributed by atoms with E-state index in [0.29, 0.717) is 6.42 Å². The van der Waals surface area contributed by atoms with Crippen LogP contribution in [0.25, 0.3) is 0 Å². The van der Waals surface area contributed by atoms with Crippen molar-refractivity contribution in [1.82, 2.24) is 16.0 Å². The van der Waals surface area contributed by atoms with Gasteiger partial charge in [0, 0.05) is 6.42 Å². The van der Waals surface area contributed by atoms with Crippen molar-refractivity contribution >= 4 is 18.0 Å². The van der Waals surface area contributed by atoms with Crippen molar-refractivity contribution in [2.45, 2.75) is 37.8 Å². The van der Waals surface area contributed by atoms with Crippen LogP contribution in [0.4, 0.5) is 4.79 Å². The van der Waals surface area contributed by atoms with Crippen molar-refractivity contribution in [2.75, 3.05) is 13.6 Å². The van der Waals surface area contributed by atoms with Crippen molar-refractivity contribution in [3.05, 3.63) is 0 Å². The van der Waals surface area contributed by atoms with Crippen molar-refractivity contribution in [1.29, 1.82) is 0 Å². The number of carboxylic acids is 2. The Labute approximate surface area is 123 Å². The highest BCUT2D eigenvalue weighted by Gasteiger charge is 2.23. The molecule has 0 aromatic rings. The van der Waals surface area contributed by atoms with Crippen LogP contribution in [0.5, 0.6) is 0 Å². The highest BCUT2D eigenvalue weighted by Crippen LogP contribution is 2.01. The third-order valence-corrected chi connectivity index (χ3v) is 2.70. The van der Waals surface area contributed by atoms with E-state index in [1.165, 1.54) is 0 Å². The average Bonchev–Trinajstić information content (AvgIpc) is 2.41. The molecule has 0 unspecified atom stereocenters. The molecule has 0 heterocycles. The first-order valence-electron chi connectivity index (χ1n) is 6.53. The van der Waals surface area contributed by atoms with E-state index in [0.717, 1.165) is 13.0 Å². The van der Waals surface area contributed by atoms with Gasteiger partial charge in [0.05, 0.1) is 0 Å². The average molecular weight is 299 g/mol. The molecule has 0 fully saturated rings. The summed E-state index contributed by atoms with van der Waals surface area (Å²) in [7, 11) is 1.79. The SMILES string of the molecule is C#CC[C@H](NC(=O)N[C@@H](CCCCNC)C(=O)O)C(=O)O. The molecule has 0 spiro atoms. The van der Waals surface area contributed by atoms with Gasteiger partial charge in [-0.05, 0) is 32.9 Å². The molecular weight excluding hydrogens is 278 g/mol. The highest BCUT2D eigenvalue weighted by atomic mass is 16.4. The van der Waals surface area contributed by atoms with Crippen molar-refractivity contribution in [3.63, 3.8) is 0 Å². The van der Waals surface area contributed by atoms with Crippen LogP contribution in [-0.2, 0) is 9.59 Å². The molecule has 0 bridgehead atoms. The zero-order chi connectivity index (χ0) is 16.3. The summed E-state index contributed by atoms with van der Waals surface area (Å²) in [6.45, 7) is 0.752. The van der Waals surface area contributed by atoms with Gasteiger partial charge in [0.15, 0.2) is 0 Å². The number of terminal acetylenes is 1. The van der Waals surface area contributed by atoms with Crippen LogP contribution in [0.15, 0.2) is 0 Å². The predicted molar refractivity (Wildman–Crippen MR) is 75.7 cm³/mol. The molecule has 2 atom stereocenters. The van der Waals surface area contributed by atoms with Crippen LogP contribution in [0.3, 0.4) is 0 Å². The van der Waals surface area contributed by atoms with E-state index in [4.69, 9.17) is 16.6 Å². The quantitative estimate of drug-likeness (QED) is 0.276. The van der Waals surface area contributed by atoms with Crippen LogP contribution in [-0.4, -0.2) is 53.9 Å². The Balaban J connectivity index is 4.36. The second kappa shape index (κ2) is 10.5. The Morgan fingerprint density at radius 2 is 1.67 bits per heavy atom. The largest absolute Gasteiger partial charge is 0.480 e. The van der Waals surface area contributed by atoms with Gasteiger partial charge >= 0.3 is 18.0 Å². The van der Waals surface area contributed by atoms with E-state index in [-0.39, 0.29) is 12.8 Å². The summed E-state index contributed by atoms with van der Waals surface area (Å²) in [6, 6.07) is -3.17. The molecule has 0 saturated carbocycles. The number of carboxylic acid groups (broad SMARTS) is 2. The molecule has 0 aromatic carbocycles. The number of hydrogen-bond acceptors (Lipinski definition) is 4. The number of amides is 2. The summed E-state index contributed by atoms with van der Waals surface area (Å²) in [6.07, 6.45) is 6.48. The Kier molecular flexibility index (Phi) is 9.37. The number of urea groups is 1. The molecule has 21 heavy (non-hydrogen) atoms. The van der Waals surface area contributed by atoms with Crippen LogP contribution in [0, 0.1) is 12.3 Å². The fourth-order valence-corrected chi connectivity index (χ4v) is 1.58. The Hall–Kier alpha value is -2.27. The summed E-state index contributed by atoms with van der Waals surface area (Å²) in [5, 5.41) is 25.2. The first kappa shape index (κ1) is 18.7.